The number of rotatable bonds is 14. The number of unbranched alkanes of at least 4 members (excludes halogenated alkanes) is 1. The van der Waals surface area contributed by atoms with Crippen LogP contribution in [-0.2, 0) is 40.7 Å². The fourth-order valence-electron chi connectivity index (χ4n) is 8.55. The number of amides is 7. The predicted octanol–water partition coefficient (Wildman–Crippen LogP) is 5.54. The fourth-order valence-corrected chi connectivity index (χ4v) is 9.97. The van der Waals surface area contributed by atoms with Gasteiger partial charge in [0, 0.05) is 72.5 Å². The van der Waals surface area contributed by atoms with Crippen LogP contribution in [-0.4, -0.2) is 98.7 Å². The summed E-state index contributed by atoms with van der Waals surface area (Å²) in [5, 5.41) is 8.01. The van der Waals surface area contributed by atoms with E-state index in [-0.39, 0.29) is 79.8 Å². The van der Waals surface area contributed by atoms with Crippen LogP contribution < -0.4 is 20.9 Å². The van der Waals surface area contributed by atoms with Gasteiger partial charge in [-0.05, 0) is 96.6 Å². The van der Waals surface area contributed by atoms with E-state index >= 15 is 0 Å². The van der Waals surface area contributed by atoms with E-state index in [1.807, 2.05) is 0 Å². The minimum Gasteiger partial charge on any atom is -0.356 e. The summed E-state index contributed by atoms with van der Waals surface area (Å²) in [4.78, 5) is 116. The van der Waals surface area contributed by atoms with Crippen molar-refractivity contribution in [2.45, 2.75) is 96.1 Å². The van der Waals surface area contributed by atoms with Crippen LogP contribution in [0.2, 0.25) is 0 Å². The average Bonchev–Trinajstić information content (AvgIpc) is 4.04. The molecule has 3 aliphatic heterocycles. The van der Waals surface area contributed by atoms with Crippen LogP contribution in [0.1, 0.15) is 102 Å². The molecule has 5 N–H and O–H groups in total. The van der Waals surface area contributed by atoms with E-state index in [4.69, 9.17) is 0 Å². The lowest BCUT2D eigenvalue weighted by Crippen LogP contribution is -2.58. The first kappa shape index (κ1) is 50.5. The number of benzene rings is 3. The summed E-state index contributed by atoms with van der Waals surface area (Å²) in [5.41, 5.74) is -4.20. The van der Waals surface area contributed by atoms with Gasteiger partial charge in [-0.1, -0.05) is 44.7 Å². The van der Waals surface area contributed by atoms with Gasteiger partial charge in [-0.25, -0.2) is 4.39 Å². The van der Waals surface area contributed by atoms with Crippen molar-refractivity contribution < 1.29 is 61.1 Å². The lowest BCUT2D eigenvalue weighted by atomic mass is 9.85. The molecule has 4 heterocycles. The fraction of sp³-hybridized carbons (Fsp3) is 0.396. The first-order valence-electron chi connectivity index (χ1n) is 22.2. The number of alkyl halides is 2. The number of nitrogens with zero attached hydrogens (tertiary/aromatic N) is 3. The van der Waals surface area contributed by atoms with Gasteiger partial charge in [0.2, 0.25) is 29.5 Å². The molecule has 0 radical (unpaired) electrons. The van der Waals surface area contributed by atoms with E-state index in [0.717, 1.165) is 23.5 Å². The summed E-state index contributed by atoms with van der Waals surface area (Å²) in [6.45, 7) is 5.66. The van der Waals surface area contributed by atoms with Crippen molar-refractivity contribution in [1.82, 2.24) is 25.8 Å². The van der Waals surface area contributed by atoms with Crippen molar-refractivity contribution in [3.8, 4) is 11.8 Å². The highest BCUT2D eigenvalue weighted by atomic mass is 32.1. The van der Waals surface area contributed by atoms with Crippen LogP contribution in [0.4, 0.5) is 18.9 Å². The third-order valence-corrected chi connectivity index (χ3v) is 14.3. The summed E-state index contributed by atoms with van der Waals surface area (Å²) in [7, 11) is -5.85. The smallest absolute Gasteiger partial charge is 0.356 e. The number of hydrogen-bond acceptors (Lipinski definition) is 9. The van der Waals surface area contributed by atoms with E-state index in [2.05, 4.69) is 27.8 Å². The molecule has 0 spiro atoms. The largest absolute Gasteiger partial charge is 0.399 e. The maximum atomic E-state index is 14.5. The molecule has 0 aliphatic carbocycles. The van der Waals surface area contributed by atoms with Crippen LogP contribution in [0.5, 0.6) is 0 Å². The van der Waals surface area contributed by atoms with Gasteiger partial charge in [-0.3, -0.25) is 43.4 Å². The van der Waals surface area contributed by atoms with Crippen molar-refractivity contribution in [3.05, 3.63) is 99.7 Å². The second-order valence-corrected chi connectivity index (χ2v) is 20.8. The van der Waals surface area contributed by atoms with Crippen LogP contribution in [0.25, 0.3) is 10.1 Å². The zero-order chi connectivity index (χ0) is 50.0. The van der Waals surface area contributed by atoms with Crippen LogP contribution in [0, 0.1) is 23.1 Å². The third kappa shape index (κ3) is 11.1. The Hall–Kier alpha value is -6.39. The number of carbonyl (C=O) groups excluding carboxylic acids is 7. The Kier molecular flexibility index (Phi) is 14.8. The molecule has 7 amide bonds. The molecule has 1 aromatic heterocycles. The lowest BCUT2D eigenvalue weighted by molar-refractivity contribution is -0.141. The molecular weight excluding hydrogens is 941 g/mol. The molecular formula is C48H50F3N6O10PS. The van der Waals surface area contributed by atoms with Crippen LogP contribution >= 0.6 is 18.9 Å². The number of halogens is 3. The number of carbonyl (C=O) groups is 7. The van der Waals surface area contributed by atoms with Gasteiger partial charge in [-0.15, -0.1) is 11.3 Å². The Morgan fingerprint density at radius 2 is 1.75 bits per heavy atom. The van der Waals surface area contributed by atoms with Crippen LogP contribution in [0.3, 0.4) is 0 Å². The van der Waals surface area contributed by atoms with Crippen molar-refractivity contribution in [2.24, 2.45) is 5.41 Å². The van der Waals surface area contributed by atoms with E-state index in [0.29, 0.717) is 46.3 Å². The molecule has 2 saturated heterocycles. The van der Waals surface area contributed by atoms with Crippen molar-refractivity contribution in [3.63, 3.8) is 0 Å². The Bertz CT molecular complexity index is 2830. The van der Waals surface area contributed by atoms with Gasteiger partial charge in [0.1, 0.15) is 23.9 Å². The third-order valence-electron chi connectivity index (χ3n) is 12.2. The molecule has 3 atom stereocenters. The highest BCUT2D eigenvalue weighted by molar-refractivity contribution is 7.52. The first-order valence-corrected chi connectivity index (χ1v) is 24.7. The number of anilines is 1. The standard InChI is InChI=1S/C48H50F3N6O10PS/c1-47(2,3)41(54-43(61)38-26-29-25-30(13-19-37(29)69-38)48(50,51)68(65,66)67)46(64)56-23-8-12-36(56)45(63)55(32-16-14-31(49)15-17-32)24-21-39(58)52-22-6-4-5-9-28-10-7-11-33-34(28)27-57(44(33)62)35-18-20-40(59)53-42(35)60/h7,10-11,13-17,19,25-26,35-36,41H,4,6,8,12,18,20-24,27H2,1-3H3,(H,52,58)(H,54,61)(H,53,59,60)(H2,65,66,67)/t35?,36-,41?/m0/s1. The molecule has 3 aromatic carbocycles. The molecule has 2 unspecified atom stereocenters. The van der Waals surface area contributed by atoms with Gasteiger partial charge in [-0.2, -0.15) is 8.78 Å². The maximum Gasteiger partial charge on any atom is 0.399 e. The molecule has 16 nitrogen and oxygen atoms in total. The highest BCUT2D eigenvalue weighted by Crippen LogP contribution is 2.59. The van der Waals surface area contributed by atoms with Crippen LogP contribution in [0.15, 0.2) is 66.7 Å². The summed E-state index contributed by atoms with van der Waals surface area (Å²) in [6, 6.07) is 11.7. The Morgan fingerprint density at radius 3 is 2.45 bits per heavy atom. The molecule has 3 aliphatic rings. The minimum absolute atomic E-state index is 0.0434. The van der Waals surface area contributed by atoms with Gasteiger partial charge in [0.15, 0.2) is 0 Å². The molecule has 7 rings (SSSR count). The molecule has 2 fully saturated rings. The normalized spacial score (nSPS) is 17.8. The maximum absolute atomic E-state index is 14.5. The predicted molar refractivity (Wildman–Crippen MR) is 248 cm³/mol. The molecule has 0 saturated carbocycles. The van der Waals surface area contributed by atoms with Gasteiger partial charge in [0.05, 0.1) is 4.88 Å². The zero-order valence-electron chi connectivity index (χ0n) is 37.9. The first-order chi connectivity index (χ1) is 32.5. The van der Waals surface area contributed by atoms with Gasteiger partial charge < -0.3 is 35.1 Å². The van der Waals surface area contributed by atoms with E-state index in [1.54, 1.807) is 39.0 Å². The van der Waals surface area contributed by atoms with E-state index in [9.17, 15) is 61.1 Å². The minimum atomic E-state index is -5.85. The Labute approximate surface area is 399 Å². The summed E-state index contributed by atoms with van der Waals surface area (Å²) in [6.07, 6.45) is 1.82. The molecule has 4 aromatic rings. The Morgan fingerprint density at radius 1 is 1.01 bits per heavy atom. The van der Waals surface area contributed by atoms with Gasteiger partial charge >= 0.3 is 13.3 Å². The lowest BCUT2D eigenvalue weighted by Gasteiger charge is -2.36. The number of thiophene rings is 1. The second kappa shape index (κ2) is 20.3. The summed E-state index contributed by atoms with van der Waals surface area (Å²) < 4.78 is 54.9. The molecule has 21 heteroatoms. The van der Waals surface area contributed by atoms with E-state index in [1.165, 1.54) is 51.1 Å². The topological polar surface area (TPSA) is 223 Å². The number of likely N-dealkylation sites (tertiary alicyclic amines) is 1. The molecule has 0 bridgehead atoms. The highest BCUT2D eigenvalue weighted by Gasteiger charge is 2.50. The second-order valence-electron chi connectivity index (χ2n) is 18.1. The summed E-state index contributed by atoms with van der Waals surface area (Å²) >= 11 is 0.930. The quantitative estimate of drug-likeness (QED) is 0.0460. The van der Waals surface area contributed by atoms with Crippen molar-refractivity contribution >= 4 is 76.1 Å². The number of nitrogens with one attached hydrogen (secondary N) is 3. The number of hydrogen-bond donors (Lipinski definition) is 5. The number of imide groups is 1. The van der Waals surface area contributed by atoms with Crippen molar-refractivity contribution in [2.75, 3.05) is 24.5 Å². The van der Waals surface area contributed by atoms with Crippen molar-refractivity contribution in [1.29, 1.82) is 0 Å². The van der Waals surface area contributed by atoms with Gasteiger partial charge in [0.25, 0.3) is 11.8 Å². The average molecular weight is 991 g/mol. The monoisotopic (exact) mass is 990 g/mol. The number of fused-ring (bicyclic) bond motifs is 2. The summed E-state index contributed by atoms with van der Waals surface area (Å²) in [5.74, 6) is 2.29. The SMILES string of the molecule is CC(C)(C)C(NC(=O)c1cc2cc(C(F)(F)P(=O)(O)O)ccc2s1)C(=O)N1CCC[C@H]1C(=O)N(CCC(=O)NCCCC#Cc1cccc2c1CN(C1CCC(=O)NC1=O)C2=O)c1ccc(F)cc1. The number of piperidine rings is 1. The molecule has 69 heavy (non-hydrogen) atoms. The Balaban J connectivity index is 0.965. The van der Waals surface area contributed by atoms with E-state index < -0.39 is 71.8 Å². The molecule has 364 valence electrons. The zero-order valence-corrected chi connectivity index (χ0v) is 39.6.